The van der Waals surface area contributed by atoms with Crippen molar-refractivity contribution >= 4 is 29.2 Å². The van der Waals surface area contributed by atoms with Crippen molar-refractivity contribution in [1.29, 1.82) is 0 Å². The van der Waals surface area contributed by atoms with Crippen molar-refractivity contribution in [3.05, 3.63) is 64.7 Å². The highest BCUT2D eigenvalue weighted by Crippen LogP contribution is 2.35. The van der Waals surface area contributed by atoms with Crippen LogP contribution < -0.4 is 10.2 Å². The molecule has 7 nitrogen and oxygen atoms in total. The van der Waals surface area contributed by atoms with Gasteiger partial charge in [-0.15, -0.1) is 0 Å². The molecule has 0 bridgehead atoms. The summed E-state index contributed by atoms with van der Waals surface area (Å²) in [7, 11) is 1.77. The second-order valence-corrected chi connectivity index (χ2v) is 9.61. The van der Waals surface area contributed by atoms with Gasteiger partial charge in [-0.3, -0.25) is 19.9 Å². The number of nitrogens with one attached hydrogen (secondary N) is 1. The molecule has 32 heavy (non-hydrogen) atoms. The third kappa shape index (κ3) is 3.54. The van der Waals surface area contributed by atoms with Crippen LogP contribution in [-0.2, 0) is 11.3 Å². The van der Waals surface area contributed by atoms with Crippen LogP contribution in [0, 0.1) is 12.8 Å². The molecular formula is C24H28ClN5O2. The molecule has 0 spiro atoms. The van der Waals surface area contributed by atoms with Crippen LogP contribution in [0.5, 0.6) is 0 Å². The van der Waals surface area contributed by atoms with Gasteiger partial charge in [-0.1, -0.05) is 42.8 Å². The predicted molar refractivity (Wildman–Crippen MR) is 124 cm³/mol. The normalized spacial score (nSPS) is 28.2. The molecule has 3 saturated heterocycles. The van der Waals surface area contributed by atoms with Gasteiger partial charge >= 0.3 is 6.03 Å². The van der Waals surface area contributed by atoms with Crippen LogP contribution in [0.4, 0.5) is 10.5 Å². The maximum atomic E-state index is 13.7. The highest BCUT2D eigenvalue weighted by Gasteiger charge is 2.56. The highest BCUT2D eigenvalue weighted by molar-refractivity contribution is 6.30. The molecule has 0 radical (unpaired) electrons. The minimum atomic E-state index is -0.433. The quantitative estimate of drug-likeness (QED) is 0.774. The first-order valence-corrected chi connectivity index (χ1v) is 11.4. The van der Waals surface area contributed by atoms with Crippen molar-refractivity contribution in [1.82, 2.24) is 20.0 Å². The monoisotopic (exact) mass is 453 g/mol. The standard InChI is InChI=1S/C24H28ClN5O2/c1-15-6-4-9-19(10-15)28-12-16(2)13-29-20-21(26-23(28)29)27(3)24(32)30(22(20)31)14-17-7-5-8-18(25)11-17/h4-11,16,20-21,23,26H,12-14H2,1-3H3. The molecule has 2 aromatic rings. The van der Waals surface area contributed by atoms with E-state index in [2.05, 4.69) is 53.2 Å². The summed E-state index contributed by atoms with van der Waals surface area (Å²) in [6, 6.07) is 15.0. The number of rotatable bonds is 3. The summed E-state index contributed by atoms with van der Waals surface area (Å²) < 4.78 is 0. The van der Waals surface area contributed by atoms with Crippen molar-refractivity contribution in [3.8, 4) is 0 Å². The number of fused-ring (bicyclic) bond motifs is 3. The zero-order valence-electron chi connectivity index (χ0n) is 18.5. The van der Waals surface area contributed by atoms with Crippen LogP contribution in [0.3, 0.4) is 0 Å². The number of likely N-dealkylation sites (N-methyl/N-ethyl adjacent to an activating group) is 1. The lowest BCUT2D eigenvalue weighted by Crippen LogP contribution is -2.66. The number of amides is 3. The van der Waals surface area contributed by atoms with Gasteiger partial charge in [0.05, 0.1) is 6.54 Å². The van der Waals surface area contributed by atoms with Gasteiger partial charge in [0.15, 0.2) is 0 Å². The third-order valence-electron chi connectivity index (χ3n) is 6.65. The van der Waals surface area contributed by atoms with E-state index in [4.69, 9.17) is 11.6 Å². The predicted octanol–water partition coefficient (Wildman–Crippen LogP) is 3.08. The zero-order valence-corrected chi connectivity index (χ0v) is 19.3. The summed E-state index contributed by atoms with van der Waals surface area (Å²) in [5.41, 5.74) is 3.15. The minimum absolute atomic E-state index is 0.145. The first kappa shape index (κ1) is 21.2. The Labute approximate surface area is 193 Å². The lowest BCUT2D eigenvalue weighted by atomic mass is 10.0. The third-order valence-corrected chi connectivity index (χ3v) is 6.88. The van der Waals surface area contributed by atoms with E-state index in [-0.39, 0.29) is 30.9 Å². The van der Waals surface area contributed by atoms with Crippen molar-refractivity contribution in [3.63, 3.8) is 0 Å². The molecule has 0 aliphatic carbocycles. The smallest absolute Gasteiger partial charge is 0.328 e. The Hall–Kier alpha value is -2.61. The first-order chi connectivity index (χ1) is 15.3. The molecule has 3 amide bonds. The molecule has 1 N–H and O–H groups in total. The minimum Gasteiger partial charge on any atom is -0.343 e. The summed E-state index contributed by atoms with van der Waals surface area (Å²) >= 11 is 6.12. The number of imide groups is 1. The number of urea groups is 1. The van der Waals surface area contributed by atoms with E-state index in [0.717, 1.165) is 24.3 Å². The van der Waals surface area contributed by atoms with Crippen LogP contribution in [-0.4, -0.2) is 65.3 Å². The van der Waals surface area contributed by atoms with Crippen molar-refractivity contribution in [2.45, 2.75) is 38.9 Å². The number of halogens is 1. The number of anilines is 1. The van der Waals surface area contributed by atoms with E-state index in [0.29, 0.717) is 10.9 Å². The molecule has 3 aliphatic heterocycles. The van der Waals surface area contributed by atoms with Gasteiger partial charge in [0.25, 0.3) is 5.91 Å². The number of hydrogen-bond donors (Lipinski definition) is 1. The number of carbonyl (C=O) groups is 2. The highest BCUT2D eigenvalue weighted by atomic mass is 35.5. The largest absolute Gasteiger partial charge is 0.343 e. The van der Waals surface area contributed by atoms with Crippen LogP contribution in [0.1, 0.15) is 18.1 Å². The van der Waals surface area contributed by atoms with Crippen LogP contribution >= 0.6 is 11.6 Å². The van der Waals surface area contributed by atoms with Gasteiger partial charge in [0.1, 0.15) is 18.5 Å². The molecular weight excluding hydrogens is 426 g/mol. The van der Waals surface area contributed by atoms with Crippen molar-refractivity contribution in [2.24, 2.45) is 5.92 Å². The fourth-order valence-electron chi connectivity index (χ4n) is 5.19. The second-order valence-electron chi connectivity index (χ2n) is 9.17. The van der Waals surface area contributed by atoms with E-state index in [1.54, 1.807) is 24.1 Å². The Bertz CT molecular complexity index is 1060. The average molecular weight is 454 g/mol. The summed E-state index contributed by atoms with van der Waals surface area (Å²) in [6.45, 7) is 6.18. The SMILES string of the molecule is Cc1cccc(N2CC(C)CN3C4C(=O)N(Cc5cccc(Cl)c5)C(=O)N(C)C4NC23)c1. The Morgan fingerprint density at radius 2 is 1.88 bits per heavy atom. The molecule has 3 aliphatic rings. The fourth-order valence-corrected chi connectivity index (χ4v) is 5.40. The average Bonchev–Trinajstić information content (AvgIpc) is 3.14. The maximum Gasteiger partial charge on any atom is 0.328 e. The lowest BCUT2D eigenvalue weighted by Gasteiger charge is -2.46. The summed E-state index contributed by atoms with van der Waals surface area (Å²) in [5, 5.41) is 4.17. The fraction of sp³-hybridized carbons (Fsp3) is 0.417. The number of nitrogens with zero attached hydrogens (tertiary/aromatic N) is 4. The summed E-state index contributed by atoms with van der Waals surface area (Å²) in [6.07, 6.45) is -0.512. The number of benzene rings is 2. The van der Waals surface area contributed by atoms with Crippen LogP contribution in [0.2, 0.25) is 5.02 Å². The molecule has 0 aromatic heterocycles. The summed E-state index contributed by atoms with van der Waals surface area (Å²) in [5.74, 6) is 0.218. The van der Waals surface area contributed by atoms with Gasteiger partial charge in [0.2, 0.25) is 0 Å². The Kier molecular flexibility index (Phi) is 5.35. The molecule has 168 valence electrons. The van der Waals surface area contributed by atoms with Gasteiger partial charge in [-0.05, 0) is 48.2 Å². The molecule has 5 rings (SSSR count). The van der Waals surface area contributed by atoms with Crippen molar-refractivity contribution in [2.75, 3.05) is 25.0 Å². The Morgan fingerprint density at radius 3 is 2.62 bits per heavy atom. The molecule has 4 unspecified atom stereocenters. The molecule has 3 heterocycles. The Balaban J connectivity index is 1.46. The van der Waals surface area contributed by atoms with E-state index in [9.17, 15) is 9.59 Å². The number of aryl methyl sites for hydroxylation is 1. The molecule has 3 fully saturated rings. The number of hydrogen-bond acceptors (Lipinski definition) is 5. The summed E-state index contributed by atoms with van der Waals surface area (Å²) in [4.78, 5) is 34.4. The zero-order chi connectivity index (χ0) is 22.6. The van der Waals surface area contributed by atoms with E-state index in [1.807, 2.05) is 12.1 Å². The van der Waals surface area contributed by atoms with Crippen molar-refractivity contribution < 1.29 is 9.59 Å². The van der Waals surface area contributed by atoms with E-state index in [1.165, 1.54) is 10.5 Å². The van der Waals surface area contributed by atoms with Crippen LogP contribution in [0.25, 0.3) is 0 Å². The van der Waals surface area contributed by atoms with Gasteiger partial charge in [-0.25, -0.2) is 4.79 Å². The second kappa shape index (κ2) is 8.06. The van der Waals surface area contributed by atoms with Gasteiger partial charge in [0, 0.05) is 30.8 Å². The number of carbonyl (C=O) groups excluding carboxylic acids is 2. The van der Waals surface area contributed by atoms with Gasteiger partial charge in [-0.2, -0.15) is 0 Å². The lowest BCUT2D eigenvalue weighted by molar-refractivity contribution is -0.139. The molecule has 0 saturated carbocycles. The van der Waals surface area contributed by atoms with E-state index < -0.39 is 6.04 Å². The molecule has 4 atom stereocenters. The van der Waals surface area contributed by atoms with E-state index >= 15 is 0 Å². The Morgan fingerprint density at radius 1 is 1.09 bits per heavy atom. The topological polar surface area (TPSA) is 59.1 Å². The molecule has 2 aromatic carbocycles. The maximum absolute atomic E-state index is 13.7. The molecule has 8 heteroatoms. The first-order valence-electron chi connectivity index (χ1n) is 11.0. The van der Waals surface area contributed by atoms with Gasteiger partial charge < -0.3 is 9.80 Å². The van der Waals surface area contributed by atoms with Crippen LogP contribution in [0.15, 0.2) is 48.5 Å².